The van der Waals surface area contributed by atoms with E-state index in [0.717, 1.165) is 49.7 Å². The number of ether oxygens (including phenoxy) is 2. The molecule has 148 valence electrons. The van der Waals surface area contributed by atoms with Crippen LogP contribution >= 0.6 is 0 Å². The third-order valence-electron chi connectivity index (χ3n) is 7.16. The maximum atomic E-state index is 12.6. The Labute approximate surface area is 161 Å². The summed E-state index contributed by atoms with van der Waals surface area (Å²) < 4.78 is 15.5. The second-order valence-corrected chi connectivity index (χ2v) is 8.41. The molecular formula is C22H30O5. The molecule has 3 rings (SSSR count). The van der Waals surface area contributed by atoms with E-state index in [4.69, 9.17) is 13.9 Å². The number of methoxy groups -OCH3 is 2. The normalized spacial score (nSPS) is 33.0. The van der Waals surface area contributed by atoms with Crippen molar-refractivity contribution >= 4 is 11.9 Å². The number of rotatable bonds is 5. The Morgan fingerprint density at radius 2 is 2.00 bits per heavy atom. The maximum Gasteiger partial charge on any atom is 0.333 e. The number of carbonyl (C=O) groups is 2. The first-order chi connectivity index (χ1) is 12.9. The van der Waals surface area contributed by atoms with E-state index in [0.29, 0.717) is 0 Å². The van der Waals surface area contributed by atoms with Crippen LogP contribution in [0.2, 0.25) is 0 Å². The van der Waals surface area contributed by atoms with Crippen molar-refractivity contribution in [3.05, 3.63) is 35.8 Å². The number of allylic oxidation sites excluding steroid dienone is 1. The van der Waals surface area contributed by atoms with Gasteiger partial charge >= 0.3 is 11.9 Å². The topological polar surface area (TPSA) is 65.7 Å². The molecular weight excluding hydrogens is 344 g/mol. The Morgan fingerprint density at radius 1 is 1.22 bits per heavy atom. The van der Waals surface area contributed by atoms with Crippen LogP contribution in [-0.4, -0.2) is 26.2 Å². The molecule has 0 unspecified atom stereocenters. The summed E-state index contributed by atoms with van der Waals surface area (Å²) in [6.07, 6.45) is 10.5. The fourth-order valence-corrected chi connectivity index (χ4v) is 5.67. The summed E-state index contributed by atoms with van der Waals surface area (Å²) in [5.41, 5.74) is 1.37. The van der Waals surface area contributed by atoms with Crippen molar-refractivity contribution in [2.24, 2.45) is 22.7 Å². The molecule has 0 bridgehead atoms. The summed E-state index contributed by atoms with van der Waals surface area (Å²) in [5.74, 6) is -0.324. The lowest BCUT2D eigenvalue weighted by Gasteiger charge is -2.57. The van der Waals surface area contributed by atoms with Gasteiger partial charge in [-0.15, -0.1) is 0 Å². The number of aryl methyl sites for hydroxylation is 1. The summed E-state index contributed by atoms with van der Waals surface area (Å²) >= 11 is 0. The van der Waals surface area contributed by atoms with E-state index < -0.39 is 0 Å². The number of hydrogen-bond donors (Lipinski definition) is 0. The second kappa shape index (κ2) is 7.53. The van der Waals surface area contributed by atoms with Crippen molar-refractivity contribution < 1.29 is 23.5 Å². The van der Waals surface area contributed by atoms with Crippen LogP contribution in [0, 0.1) is 22.7 Å². The molecule has 4 atom stereocenters. The molecule has 27 heavy (non-hydrogen) atoms. The van der Waals surface area contributed by atoms with Gasteiger partial charge in [0.2, 0.25) is 0 Å². The molecule has 1 heterocycles. The van der Waals surface area contributed by atoms with E-state index in [1.807, 2.05) is 12.1 Å². The molecule has 1 aromatic heterocycles. The predicted molar refractivity (Wildman–Crippen MR) is 101 cm³/mol. The highest BCUT2D eigenvalue weighted by Gasteiger charge is 2.58. The van der Waals surface area contributed by atoms with Crippen molar-refractivity contribution in [1.29, 1.82) is 0 Å². The molecule has 5 nitrogen and oxygen atoms in total. The highest BCUT2D eigenvalue weighted by Crippen LogP contribution is 2.62. The zero-order valence-corrected chi connectivity index (χ0v) is 16.7. The zero-order valence-electron chi connectivity index (χ0n) is 16.7. The number of carbonyl (C=O) groups excluding carboxylic acids is 2. The number of hydrogen-bond acceptors (Lipinski definition) is 5. The molecule has 5 heteroatoms. The Bertz CT molecular complexity index is 719. The lowest BCUT2D eigenvalue weighted by molar-refractivity contribution is -0.161. The molecule has 0 saturated heterocycles. The number of fused-ring (bicyclic) bond motifs is 1. The molecule has 0 spiro atoms. The zero-order chi connectivity index (χ0) is 19.7. The Balaban J connectivity index is 1.97. The van der Waals surface area contributed by atoms with E-state index in [1.54, 1.807) is 12.5 Å². The molecule has 2 aliphatic rings. The summed E-state index contributed by atoms with van der Waals surface area (Å²) in [6.45, 7) is 4.38. The fourth-order valence-electron chi connectivity index (χ4n) is 5.67. The lowest BCUT2D eigenvalue weighted by atomic mass is 9.46. The number of furan rings is 1. The lowest BCUT2D eigenvalue weighted by Crippen LogP contribution is -2.54. The van der Waals surface area contributed by atoms with Crippen molar-refractivity contribution in [3.63, 3.8) is 0 Å². The molecule has 0 amide bonds. The Hall–Kier alpha value is -2.04. The van der Waals surface area contributed by atoms with Crippen molar-refractivity contribution in [1.82, 2.24) is 0 Å². The van der Waals surface area contributed by atoms with Gasteiger partial charge in [-0.2, -0.15) is 0 Å². The van der Waals surface area contributed by atoms with Gasteiger partial charge in [-0.1, -0.05) is 19.9 Å². The van der Waals surface area contributed by atoms with Crippen LogP contribution in [0.1, 0.15) is 51.5 Å². The number of esters is 2. The summed E-state index contributed by atoms with van der Waals surface area (Å²) in [7, 11) is 2.90. The molecule has 1 aromatic rings. The van der Waals surface area contributed by atoms with Gasteiger partial charge in [0, 0.05) is 11.0 Å². The van der Waals surface area contributed by atoms with Gasteiger partial charge in [0.25, 0.3) is 0 Å². The van der Waals surface area contributed by atoms with Crippen molar-refractivity contribution in [3.8, 4) is 0 Å². The SMILES string of the molecule is COC(=O)C1=CCC[C@@H]2[C@](C)(CCc3ccoc3)[C@H](C(=O)OC)CC[C@@]12C. The van der Waals surface area contributed by atoms with E-state index in [1.165, 1.54) is 14.2 Å². The molecule has 0 radical (unpaired) electrons. The largest absolute Gasteiger partial charge is 0.472 e. The van der Waals surface area contributed by atoms with Crippen LogP contribution in [0.15, 0.2) is 34.7 Å². The van der Waals surface area contributed by atoms with Crippen molar-refractivity contribution in [2.75, 3.05) is 14.2 Å². The van der Waals surface area contributed by atoms with E-state index >= 15 is 0 Å². The average Bonchev–Trinajstić information content (AvgIpc) is 3.19. The highest BCUT2D eigenvalue weighted by atomic mass is 16.5. The van der Waals surface area contributed by atoms with E-state index in [2.05, 4.69) is 13.8 Å². The second-order valence-electron chi connectivity index (χ2n) is 8.41. The Kier molecular flexibility index (Phi) is 5.50. The van der Waals surface area contributed by atoms with Crippen LogP contribution < -0.4 is 0 Å². The molecule has 1 saturated carbocycles. The minimum atomic E-state index is -0.277. The molecule has 0 N–H and O–H groups in total. The quantitative estimate of drug-likeness (QED) is 0.718. The van der Waals surface area contributed by atoms with Crippen LogP contribution in [0.4, 0.5) is 0 Å². The van der Waals surface area contributed by atoms with Gasteiger partial charge in [0.1, 0.15) is 0 Å². The van der Waals surface area contributed by atoms with Crippen molar-refractivity contribution in [2.45, 2.75) is 52.4 Å². The summed E-state index contributed by atoms with van der Waals surface area (Å²) in [5, 5.41) is 0. The first kappa shape index (κ1) is 19.7. The smallest absolute Gasteiger partial charge is 0.333 e. The minimum absolute atomic E-state index is 0.138. The average molecular weight is 374 g/mol. The third-order valence-corrected chi connectivity index (χ3v) is 7.16. The Morgan fingerprint density at radius 3 is 2.63 bits per heavy atom. The monoisotopic (exact) mass is 374 g/mol. The third kappa shape index (κ3) is 3.32. The van der Waals surface area contributed by atoms with Gasteiger partial charge in [0.05, 0.1) is 32.7 Å². The highest BCUT2D eigenvalue weighted by molar-refractivity contribution is 5.90. The van der Waals surface area contributed by atoms with Crippen LogP contribution in [0.25, 0.3) is 0 Å². The molecule has 1 fully saturated rings. The van der Waals surface area contributed by atoms with Gasteiger partial charge in [0.15, 0.2) is 0 Å². The van der Waals surface area contributed by atoms with Gasteiger partial charge < -0.3 is 13.9 Å². The van der Waals surface area contributed by atoms with Crippen LogP contribution in [-0.2, 0) is 25.5 Å². The summed E-state index contributed by atoms with van der Waals surface area (Å²) in [4.78, 5) is 25.1. The first-order valence-electron chi connectivity index (χ1n) is 9.74. The molecule has 0 aliphatic heterocycles. The maximum absolute atomic E-state index is 12.6. The standard InChI is InChI=1S/C22H30O5/c1-21(11-8-15-10-13-27-14-15)17(20(24)26-4)9-12-22(2)16(19(23)25-3)6-5-7-18(21)22/h6,10,13-14,17-18H,5,7-9,11-12H2,1-4H3/t17-,18+,21+,22-/m0/s1. The fraction of sp³-hybridized carbons (Fsp3) is 0.636. The predicted octanol–water partition coefficient (Wildman–Crippen LogP) is 4.32. The van der Waals surface area contributed by atoms with Gasteiger partial charge in [-0.3, -0.25) is 4.79 Å². The van der Waals surface area contributed by atoms with Crippen LogP contribution in [0.3, 0.4) is 0 Å². The first-order valence-corrected chi connectivity index (χ1v) is 9.74. The van der Waals surface area contributed by atoms with Gasteiger partial charge in [-0.05, 0) is 61.5 Å². The minimum Gasteiger partial charge on any atom is -0.472 e. The van der Waals surface area contributed by atoms with E-state index in [9.17, 15) is 9.59 Å². The van der Waals surface area contributed by atoms with E-state index in [-0.39, 0.29) is 34.6 Å². The summed E-state index contributed by atoms with van der Waals surface area (Å²) in [6, 6.07) is 1.97. The van der Waals surface area contributed by atoms with Crippen LogP contribution in [0.5, 0.6) is 0 Å². The molecule has 2 aliphatic carbocycles. The van der Waals surface area contributed by atoms with Gasteiger partial charge in [-0.25, -0.2) is 4.79 Å². The molecule has 0 aromatic carbocycles.